The first-order valence-corrected chi connectivity index (χ1v) is 7.90. The van der Waals surface area contributed by atoms with Crippen LogP contribution in [0.5, 0.6) is 5.75 Å². The van der Waals surface area contributed by atoms with Gasteiger partial charge in [0, 0.05) is 6.54 Å². The average Bonchev–Trinajstić information content (AvgIpc) is 2.54. The maximum absolute atomic E-state index is 13.5. The summed E-state index contributed by atoms with van der Waals surface area (Å²) >= 11 is 0. The number of amides is 1. The number of aliphatic hydroxyl groups is 1. The first-order valence-electron chi connectivity index (χ1n) is 7.90. The van der Waals surface area contributed by atoms with E-state index in [1.54, 1.807) is 36.4 Å². The van der Waals surface area contributed by atoms with E-state index >= 15 is 0 Å². The highest BCUT2D eigenvalue weighted by atomic mass is 19.1. The molecule has 0 aromatic heterocycles. The van der Waals surface area contributed by atoms with E-state index in [1.165, 1.54) is 6.07 Å². The minimum absolute atomic E-state index is 0.0397. The second-order valence-corrected chi connectivity index (χ2v) is 5.83. The van der Waals surface area contributed by atoms with Gasteiger partial charge < -0.3 is 15.2 Å². The van der Waals surface area contributed by atoms with E-state index in [9.17, 15) is 14.3 Å². The summed E-state index contributed by atoms with van der Waals surface area (Å²) in [6.45, 7) is 3.90. The van der Waals surface area contributed by atoms with Crippen molar-refractivity contribution < 1.29 is 19.0 Å². The topological polar surface area (TPSA) is 58.6 Å². The normalized spacial score (nSPS) is 12.0. The van der Waals surface area contributed by atoms with Gasteiger partial charge >= 0.3 is 0 Å². The molecular formula is C19H22FNO3. The lowest BCUT2D eigenvalue weighted by Crippen LogP contribution is -2.29. The van der Waals surface area contributed by atoms with Crippen LogP contribution in [-0.4, -0.2) is 23.7 Å². The number of carbonyl (C=O) groups is 1. The van der Waals surface area contributed by atoms with E-state index in [2.05, 4.69) is 5.32 Å². The lowest BCUT2D eigenvalue weighted by atomic mass is 10.1. The summed E-state index contributed by atoms with van der Waals surface area (Å²) in [5.74, 6) is -0.0836. The van der Waals surface area contributed by atoms with Gasteiger partial charge in [0.1, 0.15) is 11.6 Å². The zero-order valence-electron chi connectivity index (χ0n) is 13.8. The van der Waals surface area contributed by atoms with Crippen molar-refractivity contribution in [2.24, 2.45) is 0 Å². The van der Waals surface area contributed by atoms with Crippen LogP contribution < -0.4 is 10.1 Å². The minimum Gasteiger partial charge on any atom is -0.491 e. The molecule has 0 spiro atoms. The van der Waals surface area contributed by atoms with E-state index in [1.807, 2.05) is 19.9 Å². The van der Waals surface area contributed by atoms with Gasteiger partial charge in [-0.25, -0.2) is 4.39 Å². The van der Waals surface area contributed by atoms with Crippen molar-refractivity contribution in [3.05, 3.63) is 65.5 Å². The standard InChI is InChI=1S/C19H22FNO3/c1-13(2)24-16-8-5-7-15(10-16)18(22)12-21-19(23)11-14-6-3-4-9-17(14)20/h3-10,13,18,22H,11-12H2,1-2H3,(H,21,23). The molecule has 0 bridgehead atoms. The molecule has 0 saturated carbocycles. The molecule has 0 radical (unpaired) electrons. The average molecular weight is 331 g/mol. The molecule has 5 heteroatoms. The van der Waals surface area contributed by atoms with Crippen molar-refractivity contribution in [3.8, 4) is 5.75 Å². The summed E-state index contributed by atoms with van der Waals surface area (Å²) in [4.78, 5) is 11.9. The van der Waals surface area contributed by atoms with Gasteiger partial charge in [0.25, 0.3) is 0 Å². The first kappa shape index (κ1) is 17.9. The van der Waals surface area contributed by atoms with E-state index in [0.29, 0.717) is 16.9 Å². The Bertz CT molecular complexity index is 688. The van der Waals surface area contributed by atoms with Gasteiger partial charge in [0.2, 0.25) is 5.91 Å². The Balaban J connectivity index is 1.89. The molecule has 0 aliphatic carbocycles. The Kier molecular flexibility index (Phi) is 6.32. The number of rotatable bonds is 7. The highest BCUT2D eigenvalue weighted by Gasteiger charge is 2.12. The van der Waals surface area contributed by atoms with Crippen molar-refractivity contribution >= 4 is 5.91 Å². The van der Waals surface area contributed by atoms with Crippen molar-refractivity contribution in [2.75, 3.05) is 6.54 Å². The van der Waals surface area contributed by atoms with Crippen LogP contribution >= 0.6 is 0 Å². The van der Waals surface area contributed by atoms with Crippen molar-refractivity contribution in [1.29, 1.82) is 0 Å². The summed E-state index contributed by atoms with van der Waals surface area (Å²) in [5.41, 5.74) is 0.983. The predicted molar refractivity (Wildman–Crippen MR) is 90.3 cm³/mol. The number of nitrogens with one attached hydrogen (secondary N) is 1. The van der Waals surface area contributed by atoms with Crippen LogP contribution in [0.4, 0.5) is 4.39 Å². The predicted octanol–water partition coefficient (Wildman–Crippen LogP) is 3.01. The van der Waals surface area contributed by atoms with Crippen molar-refractivity contribution in [2.45, 2.75) is 32.5 Å². The summed E-state index contributed by atoms with van der Waals surface area (Å²) < 4.78 is 19.1. The second-order valence-electron chi connectivity index (χ2n) is 5.83. The van der Waals surface area contributed by atoms with E-state index in [0.717, 1.165) is 0 Å². The first-order chi connectivity index (χ1) is 11.5. The summed E-state index contributed by atoms with van der Waals surface area (Å²) in [7, 11) is 0. The molecule has 1 atom stereocenters. The van der Waals surface area contributed by atoms with Gasteiger partial charge in [-0.1, -0.05) is 30.3 Å². The zero-order chi connectivity index (χ0) is 17.5. The molecule has 128 valence electrons. The highest BCUT2D eigenvalue weighted by molar-refractivity contribution is 5.78. The van der Waals surface area contributed by atoms with E-state index in [4.69, 9.17) is 4.74 Å². The third-order valence-electron chi connectivity index (χ3n) is 3.42. The van der Waals surface area contributed by atoms with E-state index in [-0.39, 0.29) is 25.0 Å². The summed E-state index contributed by atoms with van der Waals surface area (Å²) in [6, 6.07) is 13.3. The van der Waals surface area contributed by atoms with Gasteiger partial charge in [-0.2, -0.15) is 0 Å². The van der Waals surface area contributed by atoms with Gasteiger partial charge in [0.05, 0.1) is 18.6 Å². The van der Waals surface area contributed by atoms with Gasteiger partial charge in [-0.05, 0) is 43.2 Å². The molecule has 4 nitrogen and oxygen atoms in total. The number of hydrogen-bond donors (Lipinski definition) is 2. The fourth-order valence-electron chi connectivity index (χ4n) is 2.27. The maximum atomic E-state index is 13.5. The molecule has 2 rings (SSSR count). The lowest BCUT2D eigenvalue weighted by molar-refractivity contribution is -0.120. The van der Waals surface area contributed by atoms with E-state index < -0.39 is 11.9 Å². The molecule has 2 aromatic rings. The molecule has 0 saturated heterocycles. The Morgan fingerprint density at radius 3 is 2.67 bits per heavy atom. The SMILES string of the molecule is CC(C)Oc1cccc(C(O)CNC(=O)Cc2ccccc2F)c1. The van der Waals surface area contributed by atoms with Crippen LogP contribution in [-0.2, 0) is 11.2 Å². The minimum atomic E-state index is -0.856. The summed E-state index contributed by atoms with van der Waals surface area (Å²) in [6.07, 6.45) is -0.876. The van der Waals surface area contributed by atoms with Gasteiger partial charge in [-0.3, -0.25) is 4.79 Å². The van der Waals surface area contributed by atoms with Crippen LogP contribution in [0.1, 0.15) is 31.1 Å². The fourth-order valence-corrected chi connectivity index (χ4v) is 2.27. The van der Waals surface area contributed by atoms with Crippen molar-refractivity contribution in [3.63, 3.8) is 0 Å². The quantitative estimate of drug-likeness (QED) is 0.820. The van der Waals surface area contributed by atoms with Crippen LogP contribution in [0, 0.1) is 5.82 Å². The molecule has 0 aliphatic rings. The van der Waals surface area contributed by atoms with Gasteiger partial charge in [-0.15, -0.1) is 0 Å². The third-order valence-corrected chi connectivity index (χ3v) is 3.42. The highest BCUT2D eigenvalue weighted by Crippen LogP contribution is 2.20. The molecule has 2 N–H and O–H groups in total. The molecule has 0 fully saturated rings. The number of benzene rings is 2. The molecular weight excluding hydrogens is 309 g/mol. The maximum Gasteiger partial charge on any atom is 0.224 e. The number of halogens is 1. The Morgan fingerprint density at radius 2 is 1.96 bits per heavy atom. The molecule has 1 unspecified atom stereocenters. The Morgan fingerprint density at radius 1 is 1.21 bits per heavy atom. The zero-order valence-corrected chi connectivity index (χ0v) is 13.8. The Hall–Kier alpha value is -2.40. The molecule has 2 aromatic carbocycles. The van der Waals surface area contributed by atoms with Crippen LogP contribution in [0.15, 0.2) is 48.5 Å². The monoisotopic (exact) mass is 331 g/mol. The number of carbonyl (C=O) groups excluding carboxylic acids is 1. The number of ether oxygens (including phenoxy) is 1. The summed E-state index contributed by atoms with van der Waals surface area (Å²) in [5, 5.41) is 12.8. The Labute approximate surface area is 141 Å². The number of hydrogen-bond acceptors (Lipinski definition) is 3. The van der Waals surface area contributed by atoms with Crippen LogP contribution in [0.2, 0.25) is 0 Å². The fraction of sp³-hybridized carbons (Fsp3) is 0.316. The lowest BCUT2D eigenvalue weighted by Gasteiger charge is -2.15. The smallest absolute Gasteiger partial charge is 0.224 e. The number of aliphatic hydroxyl groups excluding tert-OH is 1. The molecule has 0 aliphatic heterocycles. The molecule has 1 amide bonds. The third kappa shape index (κ3) is 5.35. The van der Waals surface area contributed by atoms with Crippen LogP contribution in [0.3, 0.4) is 0 Å². The van der Waals surface area contributed by atoms with Gasteiger partial charge in [0.15, 0.2) is 0 Å². The largest absolute Gasteiger partial charge is 0.491 e. The molecule has 0 heterocycles. The van der Waals surface area contributed by atoms with Crippen molar-refractivity contribution in [1.82, 2.24) is 5.32 Å². The second kappa shape index (κ2) is 8.45. The van der Waals surface area contributed by atoms with Crippen LogP contribution in [0.25, 0.3) is 0 Å². The molecule has 24 heavy (non-hydrogen) atoms.